The number of halogens is 1. The van der Waals surface area contributed by atoms with Crippen molar-refractivity contribution in [2.75, 3.05) is 39.3 Å². The van der Waals surface area contributed by atoms with Crippen LogP contribution in [0.5, 0.6) is 5.75 Å². The summed E-state index contributed by atoms with van der Waals surface area (Å²) in [6.45, 7) is 9.07. The fourth-order valence-electron chi connectivity index (χ4n) is 3.63. The molecule has 1 aromatic carbocycles. The van der Waals surface area contributed by atoms with Crippen molar-refractivity contribution in [1.29, 1.82) is 0 Å². The third-order valence-corrected chi connectivity index (χ3v) is 5.78. The molecule has 0 amide bonds. The number of hydrogen-bond acceptors (Lipinski definition) is 4. The summed E-state index contributed by atoms with van der Waals surface area (Å²) in [5, 5.41) is 16.2. The van der Waals surface area contributed by atoms with E-state index in [0.29, 0.717) is 18.3 Å². The van der Waals surface area contributed by atoms with E-state index in [-0.39, 0.29) is 18.0 Å². The zero-order chi connectivity index (χ0) is 21.3. The second kappa shape index (κ2) is 11.5. The highest BCUT2D eigenvalue weighted by atomic mass is 19.1. The Kier molecular flexibility index (Phi) is 8.75. The van der Waals surface area contributed by atoms with Gasteiger partial charge in [0.15, 0.2) is 17.5 Å². The summed E-state index contributed by atoms with van der Waals surface area (Å²) in [6, 6.07) is 5.12. The van der Waals surface area contributed by atoms with Gasteiger partial charge in [-0.15, -0.1) is 0 Å². The van der Waals surface area contributed by atoms with Crippen molar-refractivity contribution in [3.63, 3.8) is 0 Å². The number of likely N-dealkylation sites (tertiary alicyclic amines) is 1. The average molecular weight is 421 g/mol. The molecular weight excluding hydrogens is 383 g/mol. The maximum absolute atomic E-state index is 14.4. The molecule has 0 spiro atoms. The first-order valence-corrected chi connectivity index (χ1v) is 11.4. The molecule has 6 nitrogen and oxygen atoms in total. The molecule has 0 radical (unpaired) electrons. The first-order valence-electron chi connectivity index (χ1n) is 11.4. The molecule has 1 saturated heterocycles. The van der Waals surface area contributed by atoms with E-state index in [1.54, 1.807) is 12.1 Å². The molecule has 3 N–H and O–H groups in total. The predicted octanol–water partition coefficient (Wildman–Crippen LogP) is 3.08. The van der Waals surface area contributed by atoms with Crippen LogP contribution >= 0.6 is 0 Å². The van der Waals surface area contributed by atoms with Crippen LogP contribution in [-0.2, 0) is 0 Å². The molecule has 30 heavy (non-hydrogen) atoms. The van der Waals surface area contributed by atoms with Gasteiger partial charge >= 0.3 is 0 Å². The lowest BCUT2D eigenvalue weighted by atomic mass is 10.1. The molecule has 1 unspecified atom stereocenters. The smallest absolute Gasteiger partial charge is 0.191 e. The van der Waals surface area contributed by atoms with Gasteiger partial charge in [-0.2, -0.15) is 0 Å². The Morgan fingerprint density at radius 1 is 1.30 bits per heavy atom. The Bertz CT molecular complexity index is 688. The van der Waals surface area contributed by atoms with Crippen LogP contribution < -0.4 is 15.4 Å². The number of benzene rings is 1. The number of guanidine groups is 1. The molecule has 1 aliphatic heterocycles. The predicted molar refractivity (Wildman–Crippen MR) is 118 cm³/mol. The van der Waals surface area contributed by atoms with Gasteiger partial charge < -0.3 is 25.4 Å². The molecule has 2 aliphatic rings. The zero-order valence-electron chi connectivity index (χ0n) is 18.4. The molecule has 2 fully saturated rings. The Labute approximate surface area is 179 Å². The number of piperidine rings is 1. The lowest BCUT2D eigenvalue weighted by Gasteiger charge is -2.29. The molecule has 168 valence electrons. The number of aliphatic hydroxyl groups excluding tert-OH is 1. The van der Waals surface area contributed by atoms with Gasteiger partial charge in [-0.05, 0) is 76.1 Å². The maximum Gasteiger partial charge on any atom is 0.191 e. The number of nitrogens with one attached hydrogen (secondary N) is 2. The summed E-state index contributed by atoms with van der Waals surface area (Å²) in [5.74, 6) is 1.37. The van der Waals surface area contributed by atoms with E-state index < -0.39 is 0 Å². The van der Waals surface area contributed by atoms with E-state index in [1.165, 1.54) is 12.8 Å². The minimum absolute atomic E-state index is 0.0710. The maximum atomic E-state index is 14.4. The highest BCUT2D eigenvalue weighted by Crippen LogP contribution is 2.30. The van der Waals surface area contributed by atoms with Gasteiger partial charge in [0, 0.05) is 26.2 Å². The molecule has 1 saturated carbocycles. The normalized spacial score (nSPS) is 19.5. The van der Waals surface area contributed by atoms with Crippen LogP contribution in [0.1, 0.15) is 57.6 Å². The van der Waals surface area contributed by atoms with Crippen LogP contribution in [0.2, 0.25) is 0 Å². The summed E-state index contributed by atoms with van der Waals surface area (Å²) in [5.41, 5.74) is 0.865. The standard InChI is InChI=1S/C23H37FN4O2/c1-3-25-23(26-11-4-12-28-13-9-20(29)10-14-28)27-17(2)19-7-8-22(21(24)15-19)30-16-18-5-6-18/h7-8,15,17-18,20,29H,3-6,9-14,16H2,1-2H3,(H2,25,26,27). The van der Waals surface area contributed by atoms with Crippen LogP contribution in [0.3, 0.4) is 0 Å². The summed E-state index contributed by atoms with van der Waals surface area (Å²) < 4.78 is 20.0. The third kappa shape index (κ3) is 7.43. The van der Waals surface area contributed by atoms with Gasteiger partial charge in [-0.1, -0.05) is 6.07 Å². The molecule has 0 bridgehead atoms. The zero-order valence-corrected chi connectivity index (χ0v) is 18.4. The molecule has 1 heterocycles. The monoisotopic (exact) mass is 420 g/mol. The first-order chi connectivity index (χ1) is 14.5. The van der Waals surface area contributed by atoms with Crippen molar-refractivity contribution >= 4 is 5.96 Å². The van der Waals surface area contributed by atoms with Crippen LogP contribution in [0.15, 0.2) is 23.2 Å². The number of aliphatic imine (C=N–C) groups is 1. The van der Waals surface area contributed by atoms with Gasteiger partial charge in [0.1, 0.15) is 0 Å². The summed E-state index contributed by atoms with van der Waals surface area (Å²) >= 11 is 0. The van der Waals surface area contributed by atoms with Crippen molar-refractivity contribution in [2.24, 2.45) is 10.9 Å². The largest absolute Gasteiger partial charge is 0.490 e. The highest BCUT2D eigenvalue weighted by Gasteiger charge is 2.22. The van der Waals surface area contributed by atoms with Gasteiger partial charge in [0.05, 0.1) is 18.8 Å². The van der Waals surface area contributed by atoms with E-state index in [4.69, 9.17) is 4.74 Å². The highest BCUT2D eigenvalue weighted by molar-refractivity contribution is 5.80. The third-order valence-electron chi connectivity index (χ3n) is 5.78. The topological polar surface area (TPSA) is 69.1 Å². The summed E-state index contributed by atoms with van der Waals surface area (Å²) in [6.07, 6.45) is 4.96. The Balaban J connectivity index is 1.46. The van der Waals surface area contributed by atoms with Gasteiger partial charge in [0.2, 0.25) is 0 Å². The van der Waals surface area contributed by atoms with Crippen LogP contribution in [-0.4, -0.2) is 61.4 Å². The Morgan fingerprint density at radius 2 is 2.07 bits per heavy atom. The van der Waals surface area contributed by atoms with Crippen molar-refractivity contribution < 1.29 is 14.2 Å². The molecule has 3 rings (SSSR count). The number of rotatable bonds is 10. The fourth-order valence-corrected chi connectivity index (χ4v) is 3.63. The minimum Gasteiger partial charge on any atom is -0.490 e. The molecular formula is C23H37FN4O2. The minimum atomic E-state index is -0.310. The van der Waals surface area contributed by atoms with E-state index in [9.17, 15) is 9.50 Å². The molecule has 1 aliphatic carbocycles. The summed E-state index contributed by atoms with van der Waals surface area (Å²) in [4.78, 5) is 7.06. The fraction of sp³-hybridized carbons (Fsp3) is 0.696. The van der Waals surface area contributed by atoms with Crippen molar-refractivity contribution in [2.45, 2.75) is 58.1 Å². The second-order valence-electron chi connectivity index (χ2n) is 8.50. The molecule has 0 aromatic heterocycles. The van der Waals surface area contributed by atoms with Crippen molar-refractivity contribution in [3.8, 4) is 5.75 Å². The van der Waals surface area contributed by atoms with Gasteiger partial charge in [-0.25, -0.2) is 4.39 Å². The van der Waals surface area contributed by atoms with E-state index in [1.807, 2.05) is 19.9 Å². The van der Waals surface area contributed by atoms with E-state index >= 15 is 0 Å². The lowest BCUT2D eigenvalue weighted by Crippen LogP contribution is -2.39. The van der Waals surface area contributed by atoms with E-state index in [0.717, 1.165) is 63.5 Å². The van der Waals surface area contributed by atoms with E-state index in [2.05, 4.69) is 20.5 Å². The second-order valence-corrected chi connectivity index (χ2v) is 8.50. The van der Waals surface area contributed by atoms with Crippen molar-refractivity contribution in [3.05, 3.63) is 29.6 Å². The molecule has 1 atom stereocenters. The van der Waals surface area contributed by atoms with Crippen molar-refractivity contribution in [1.82, 2.24) is 15.5 Å². The number of hydrogen-bond donors (Lipinski definition) is 3. The SMILES string of the molecule is CCNC(=NCCCN1CCC(O)CC1)NC(C)c1ccc(OCC2CC2)c(F)c1. The van der Waals surface area contributed by atoms with Crippen LogP contribution in [0, 0.1) is 11.7 Å². The number of nitrogens with zero attached hydrogens (tertiary/aromatic N) is 2. The number of aliphatic hydroxyl groups is 1. The van der Waals surface area contributed by atoms with Gasteiger partial charge in [-0.3, -0.25) is 4.99 Å². The summed E-state index contributed by atoms with van der Waals surface area (Å²) in [7, 11) is 0. The van der Waals surface area contributed by atoms with Gasteiger partial charge in [0.25, 0.3) is 0 Å². The quantitative estimate of drug-likeness (QED) is 0.308. The Hall–Kier alpha value is -1.86. The Morgan fingerprint density at radius 3 is 2.73 bits per heavy atom. The molecule has 1 aromatic rings. The lowest BCUT2D eigenvalue weighted by molar-refractivity contribution is 0.0824. The average Bonchev–Trinajstić information content (AvgIpc) is 3.56. The number of ether oxygens (including phenoxy) is 1. The van der Waals surface area contributed by atoms with Crippen LogP contribution in [0.4, 0.5) is 4.39 Å². The first kappa shape index (κ1) is 22.8. The van der Waals surface area contributed by atoms with Crippen LogP contribution in [0.25, 0.3) is 0 Å². The molecule has 7 heteroatoms.